The van der Waals surface area contributed by atoms with Crippen molar-refractivity contribution in [3.8, 4) is 0 Å². The zero-order valence-corrected chi connectivity index (χ0v) is 13.5. The zero-order chi connectivity index (χ0) is 15.4. The van der Waals surface area contributed by atoms with Gasteiger partial charge in [0.2, 0.25) is 5.95 Å². The van der Waals surface area contributed by atoms with Gasteiger partial charge < -0.3 is 10.6 Å². The maximum absolute atomic E-state index is 11.5. The molecule has 1 aromatic rings. The molecule has 0 bridgehead atoms. The smallest absolute Gasteiger partial charge is 0.244 e. The van der Waals surface area contributed by atoms with Gasteiger partial charge in [0.15, 0.2) is 15.7 Å². The minimum atomic E-state index is -2.89. The molecule has 1 unspecified atom stereocenters. The fraction of sp³-hybridized carbons (Fsp3) is 0.786. The molecule has 122 valence electrons. The zero-order valence-electron chi connectivity index (χ0n) is 12.7. The first kappa shape index (κ1) is 15.5. The molecule has 1 saturated heterocycles. The van der Waals surface area contributed by atoms with Crippen molar-refractivity contribution in [2.45, 2.75) is 57.0 Å². The second kappa shape index (κ2) is 6.76. The first-order valence-electron chi connectivity index (χ1n) is 8.04. The molecule has 0 spiro atoms. The van der Waals surface area contributed by atoms with Gasteiger partial charge in [0.25, 0.3) is 0 Å². The Hall–Kier alpha value is -1.44. The summed E-state index contributed by atoms with van der Waals surface area (Å²) >= 11 is 0. The van der Waals surface area contributed by atoms with Gasteiger partial charge in [-0.1, -0.05) is 25.7 Å². The molecule has 22 heavy (non-hydrogen) atoms. The SMILES string of the molecule is O=S1(=O)CCC(Nc2cnnc(NC3CCCCCC3)n2)C1. The van der Waals surface area contributed by atoms with Gasteiger partial charge in [0.1, 0.15) is 0 Å². The lowest BCUT2D eigenvalue weighted by Gasteiger charge is -2.16. The maximum Gasteiger partial charge on any atom is 0.244 e. The van der Waals surface area contributed by atoms with E-state index in [1.54, 1.807) is 6.20 Å². The molecular formula is C14H23N5O2S. The van der Waals surface area contributed by atoms with Gasteiger partial charge >= 0.3 is 0 Å². The predicted molar refractivity (Wildman–Crippen MR) is 85.6 cm³/mol. The van der Waals surface area contributed by atoms with E-state index in [1.807, 2.05) is 0 Å². The molecule has 1 atom stereocenters. The largest absolute Gasteiger partial charge is 0.365 e. The standard InChI is InChI=1S/C14H23N5O2S/c20-22(21)8-7-12(10-22)16-13-9-15-19-14(18-13)17-11-5-3-1-2-4-6-11/h9,11-12H,1-8,10H2,(H2,16,17,18,19). The first-order valence-corrected chi connectivity index (χ1v) is 9.86. The summed E-state index contributed by atoms with van der Waals surface area (Å²) in [4.78, 5) is 4.42. The van der Waals surface area contributed by atoms with E-state index in [0.29, 0.717) is 24.2 Å². The van der Waals surface area contributed by atoms with E-state index in [4.69, 9.17) is 0 Å². The Kier molecular flexibility index (Phi) is 4.75. The predicted octanol–water partition coefficient (Wildman–Crippen LogP) is 1.61. The molecule has 1 saturated carbocycles. The van der Waals surface area contributed by atoms with Crippen LogP contribution >= 0.6 is 0 Å². The van der Waals surface area contributed by atoms with Crippen molar-refractivity contribution in [2.24, 2.45) is 0 Å². The van der Waals surface area contributed by atoms with Crippen LogP contribution in [0.4, 0.5) is 11.8 Å². The summed E-state index contributed by atoms with van der Waals surface area (Å²) in [5, 5.41) is 14.5. The molecule has 3 rings (SSSR count). The molecule has 1 aliphatic heterocycles. The average molecular weight is 325 g/mol. The van der Waals surface area contributed by atoms with Crippen LogP contribution in [0.2, 0.25) is 0 Å². The van der Waals surface area contributed by atoms with E-state index in [2.05, 4.69) is 25.8 Å². The van der Waals surface area contributed by atoms with Gasteiger partial charge in [-0.05, 0) is 19.3 Å². The summed E-state index contributed by atoms with van der Waals surface area (Å²) in [7, 11) is -2.89. The molecule has 0 amide bonds. The Morgan fingerprint density at radius 1 is 1.00 bits per heavy atom. The summed E-state index contributed by atoms with van der Waals surface area (Å²) in [6, 6.07) is 0.332. The Bertz CT molecular complexity index is 599. The van der Waals surface area contributed by atoms with Crippen LogP contribution in [0.5, 0.6) is 0 Å². The lowest BCUT2D eigenvalue weighted by atomic mass is 10.1. The van der Waals surface area contributed by atoms with E-state index >= 15 is 0 Å². The number of rotatable bonds is 4. The van der Waals surface area contributed by atoms with E-state index in [0.717, 1.165) is 12.8 Å². The molecule has 2 heterocycles. The first-order chi connectivity index (χ1) is 10.6. The quantitative estimate of drug-likeness (QED) is 0.812. The highest BCUT2D eigenvalue weighted by molar-refractivity contribution is 7.91. The van der Waals surface area contributed by atoms with Crippen LogP contribution < -0.4 is 10.6 Å². The second-order valence-corrected chi connectivity index (χ2v) is 8.47. The summed E-state index contributed by atoms with van der Waals surface area (Å²) < 4.78 is 23.0. The molecule has 0 radical (unpaired) electrons. The molecule has 1 aromatic heterocycles. The number of anilines is 2. The summed E-state index contributed by atoms with van der Waals surface area (Å²) in [5.41, 5.74) is 0. The van der Waals surface area contributed by atoms with Crippen LogP contribution in [0, 0.1) is 0 Å². The van der Waals surface area contributed by atoms with Gasteiger partial charge in [-0.3, -0.25) is 0 Å². The molecule has 8 heteroatoms. The van der Waals surface area contributed by atoms with Gasteiger partial charge in [0.05, 0.1) is 17.7 Å². The number of nitrogens with one attached hydrogen (secondary N) is 2. The van der Waals surface area contributed by atoms with Crippen LogP contribution in [0.1, 0.15) is 44.9 Å². The van der Waals surface area contributed by atoms with E-state index in [-0.39, 0.29) is 17.5 Å². The number of sulfone groups is 1. The fourth-order valence-electron chi connectivity index (χ4n) is 3.16. The van der Waals surface area contributed by atoms with Crippen molar-refractivity contribution >= 4 is 21.6 Å². The fourth-order valence-corrected chi connectivity index (χ4v) is 4.83. The van der Waals surface area contributed by atoms with E-state index in [1.165, 1.54) is 25.7 Å². The molecule has 1 aliphatic carbocycles. The highest BCUT2D eigenvalue weighted by Crippen LogP contribution is 2.20. The van der Waals surface area contributed by atoms with Crippen LogP contribution in [-0.4, -0.2) is 47.2 Å². The van der Waals surface area contributed by atoms with Crippen LogP contribution in [0.15, 0.2) is 6.20 Å². The number of aromatic nitrogens is 3. The Morgan fingerprint density at radius 2 is 1.77 bits per heavy atom. The lowest BCUT2D eigenvalue weighted by Crippen LogP contribution is -2.23. The minimum absolute atomic E-state index is 0.0765. The monoisotopic (exact) mass is 325 g/mol. The van der Waals surface area contributed by atoms with Crippen molar-refractivity contribution in [2.75, 3.05) is 22.1 Å². The highest BCUT2D eigenvalue weighted by atomic mass is 32.2. The van der Waals surface area contributed by atoms with Crippen molar-refractivity contribution in [1.82, 2.24) is 15.2 Å². The van der Waals surface area contributed by atoms with Crippen molar-refractivity contribution < 1.29 is 8.42 Å². The van der Waals surface area contributed by atoms with Gasteiger partial charge in [-0.25, -0.2) is 8.42 Å². The number of hydrogen-bond donors (Lipinski definition) is 2. The second-order valence-electron chi connectivity index (χ2n) is 6.24. The Labute approximate surface area is 131 Å². The number of nitrogens with zero attached hydrogens (tertiary/aromatic N) is 3. The van der Waals surface area contributed by atoms with Gasteiger partial charge in [0, 0.05) is 12.1 Å². The molecular weight excluding hydrogens is 302 g/mol. The van der Waals surface area contributed by atoms with Gasteiger partial charge in [-0.15, -0.1) is 5.10 Å². The molecule has 0 aromatic carbocycles. The van der Waals surface area contributed by atoms with Crippen LogP contribution in [0.25, 0.3) is 0 Å². The molecule has 2 N–H and O–H groups in total. The third-order valence-electron chi connectivity index (χ3n) is 4.33. The molecule has 2 fully saturated rings. The van der Waals surface area contributed by atoms with E-state index < -0.39 is 9.84 Å². The third-order valence-corrected chi connectivity index (χ3v) is 6.10. The highest BCUT2D eigenvalue weighted by Gasteiger charge is 2.28. The normalized spacial score (nSPS) is 25.5. The van der Waals surface area contributed by atoms with Gasteiger partial charge in [-0.2, -0.15) is 10.1 Å². The molecule has 7 nitrogen and oxygen atoms in total. The Balaban J connectivity index is 1.60. The van der Waals surface area contributed by atoms with Crippen LogP contribution in [-0.2, 0) is 9.84 Å². The topological polar surface area (TPSA) is 96.9 Å². The number of hydrogen-bond acceptors (Lipinski definition) is 7. The summed E-state index contributed by atoms with van der Waals surface area (Å²) in [5.74, 6) is 1.53. The lowest BCUT2D eigenvalue weighted by molar-refractivity contribution is 0.602. The van der Waals surface area contributed by atoms with E-state index in [9.17, 15) is 8.42 Å². The average Bonchev–Trinajstić information content (AvgIpc) is 2.67. The van der Waals surface area contributed by atoms with Crippen molar-refractivity contribution in [1.29, 1.82) is 0 Å². The van der Waals surface area contributed by atoms with Crippen molar-refractivity contribution in [3.05, 3.63) is 6.20 Å². The maximum atomic E-state index is 11.5. The van der Waals surface area contributed by atoms with Crippen LogP contribution in [0.3, 0.4) is 0 Å². The molecule has 2 aliphatic rings. The van der Waals surface area contributed by atoms with Crippen molar-refractivity contribution in [3.63, 3.8) is 0 Å². The third kappa shape index (κ3) is 4.28. The summed E-state index contributed by atoms with van der Waals surface area (Å²) in [6.07, 6.45) is 9.53. The Morgan fingerprint density at radius 3 is 2.45 bits per heavy atom. The minimum Gasteiger partial charge on any atom is -0.365 e. The summed E-state index contributed by atoms with van der Waals surface area (Å²) in [6.45, 7) is 0.